The van der Waals surface area contributed by atoms with Gasteiger partial charge in [-0.2, -0.15) is 0 Å². The number of carbonyl (C=O) groups excluding carboxylic acids is 1. The van der Waals surface area contributed by atoms with Crippen LogP contribution < -0.4 is 5.32 Å². The van der Waals surface area contributed by atoms with Gasteiger partial charge in [-0.15, -0.1) is 0 Å². The maximum absolute atomic E-state index is 11.8. The molecule has 0 saturated carbocycles. The van der Waals surface area contributed by atoms with Crippen LogP contribution in [0, 0.1) is 0 Å². The second-order valence-electron chi connectivity index (χ2n) is 4.57. The van der Waals surface area contributed by atoms with Crippen LogP contribution in [-0.2, 0) is 6.54 Å². The summed E-state index contributed by atoms with van der Waals surface area (Å²) in [6.45, 7) is 7.03. The highest BCUT2D eigenvalue weighted by molar-refractivity contribution is 5.74. The molecule has 0 radical (unpaired) electrons. The summed E-state index contributed by atoms with van der Waals surface area (Å²) in [6, 6.07) is 3.96. The monoisotopic (exact) mass is 251 g/mol. The van der Waals surface area contributed by atoms with Crippen molar-refractivity contribution in [2.24, 2.45) is 0 Å². The van der Waals surface area contributed by atoms with Crippen molar-refractivity contribution in [1.82, 2.24) is 15.1 Å². The van der Waals surface area contributed by atoms with E-state index in [2.05, 4.69) is 17.1 Å². The summed E-state index contributed by atoms with van der Waals surface area (Å²) in [7, 11) is 0. The van der Waals surface area contributed by atoms with E-state index in [-0.39, 0.29) is 6.03 Å². The van der Waals surface area contributed by atoms with E-state index in [1.807, 2.05) is 17.0 Å². The van der Waals surface area contributed by atoms with Crippen LogP contribution in [0.1, 0.15) is 19.1 Å². The van der Waals surface area contributed by atoms with Crippen LogP contribution in [0.25, 0.3) is 0 Å². The minimum atomic E-state index is 0.0644. The van der Waals surface area contributed by atoms with Gasteiger partial charge >= 0.3 is 6.03 Å². The third-order valence-electron chi connectivity index (χ3n) is 3.15. The molecule has 0 spiro atoms. The largest absolute Gasteiger partial charge is 0.468 e. The zero-order valence-electron chi connectivity index (χ0n) is 10.9. The average molecular weight is 251 g/mol. The summed E-state index contributed by atoms with van der Waals surface area (Å²) >= 11 is 0. The molecule has 0 atom stereocenters. The Morgan fingerprint density at radius 2 is 2.17 bits per heavy atom. The van der Waals surface area contributed by atoms with Gasteiger partial charge in [0, 0.05) is 32.7 Å². The minimum absolute atomic E-state index is 0.0644. The standard InChI is InChI=1S/C13H21N3O2/c1-2-5-14-13(17)16-8-6-15(7-9-16)11-12-4-3-10-18-12/h3-4,10H,2,5-9,11H2,1H3,(H,14,17). The Morgan fingerprint density at radius 3 is 2.78 bits per heavy atom. The number of nitrogens with zero attached hydrogens (tertiary/aromatic N) is 2. The van der Waals surface area contributed by atoms with Gasteiger partial charge in [-0.05, 0) is 18.6 Å². The zero-order chi connectivity index (χ0) is 12.8. The van der Waals surface area contributed by atoms with Crippen LogP contribution in [0.15, 0.2) is 22.8 Å². The molecule has 2 amide bonds. The normalized spacial score (nSPS) is 16.8. The van der Waals surface area contributed by atoms with Gasteiger partial charge < -0.3 is 14.6 Å². The number of hydrogen-bond acceptors (Lipinski definition) is 3. The molecule has 1 aromatic heterocycles. The van der Waals surface area contributed by atoms with Crippen LogP contribution in [0.2, 0.25) is 0 Å². The van der Waals surface area contributed by atoms with Gasteiger partial charge in [0.05, 0.1) is 12.8 Å². The summed E-state index contributed by atoms with van der Waals surface area (Å²) in [4.78, 5) is 15.9. The zero-order valence-corrected chi connectivity index (χ0v) is 10.9. The number of nitrogens with one attached hydrogen (secondary N) is 1. The average Bonchev–Trinajstić information content (AvgIpc) is 2.89. The third-order valence-corrected chi connectivity index (χ3v) is 3.15. The second kappa shape index (κ2) is 6.44. The Kier molecular flexibility index (Phi) is 4.64. The Hall–Kier alpha value is -1.49. The van der Waals surface area contributed by atoms with Gasteiger partial charge in [0.15, 0.2) is 0 Å². The molecule has 1 aromatic rings. The SMILES string of the molecule is CCCNC(=O)N1CCN(Cc2ccco2)CC1. The first kappa shape index (κ1) is 13.0. The van der Waals surface area contributed by atoms with Crippen molar-refractivity contribution >= 4 is 6.03 Å². The molecular formula is C13H21N3O2. The topological polar surface area (TPSA) is 48.7 Å². The smallest absolute Gasteiger partial charge is 0.317 e. The van der Waals surface area contributed by atoms with E-state index in [1.54, 1.807) is 6.26 Å². The quantitative estimate of drug-likeness (QED) is 0.882. The Balaban J connectivity index is 1.72. The molecule has 5 nitrogen and oxygen atoms in total. The molecule has 0 unspecified atom stereocenters. The van der Waals surface area contributed by atoms with Gasteiger partial charge in [0.2, 0.25) is 0 Å². The number of rotatable bonds is 4. The molecule has 1 N–H and O–H groups in total. The first-order valence-electron chi connectivity index (χ1n) is 6.57. The predicted octanol–water partition coefficient (Wildman–Crippen LogP) is 1.52. The molecule has 100 valence electrons. The highest BCUT2D eigenvalue weighted by atomic mass is 16.3. The molecular weight excluding hydrogens is 230 g/mol. The van der Waals surface area contributed by atoms with E-state index in [0.717, 1.165) is 51.4 Å². The van der Waals surface area contributed by atoms with E-state index in [0.29, 0.717) is 0 Å². The lowest BCUT2D eigenvalue weighted by Gasteiger charge is -2.34. The fraction of sp³-hybridized carbons (Fsp3) is 0.615. The molecule has 1 aliphatic rings. The minimum Gasteiger partial charge on any atom is -0.468 e. The fourth-order valence-corrected chi connectivity index (χ4v) is 2.08. The van der Waals surface area contributed by atoms with Gasteiger partial charge in [0.25, 0.3) is 0 Å². The Labute approximate surface area is 108 Å². The van der Waals surface area contributed by atoms with E-state index >= 15 is 0 Å². The lowest BCUT2D eigenvalue weighted by Crippen LogP contribution is -2.51. The molecule has 1 saturated heterocycles. The van der Waals surface area contributed by atoms with Crippen LogP contribution in [0.5, 0.6) is 0 Å². The lowest BCUT2D eigenvalue weighted by molar-refractivity contribution is 0.130. The number of urea groups is 1. The van der Waals surface area contributed by atoms with E-state index in [4.69, 9.17) is 4.42 Å². The number of piperazine rings is 1. The van der Waals surface area contributed by atoms with Crippen molar-refractivity contribution in [2.45, 2.75) is 19.9 Å². The molecule has 1 fully saturated rings. The number of carbonyl (C=O) groups is 1. The Bertz CT molecular complexity index is 356. The van der Waals surface area contributed by atoms with Gasteiger partial charge in [-0.25, -0.2) is 4.79 Å². The van der Waals surface area contributed by atoms with Crippen molar-refractivity contribution in [3.63, 3.8) is 0 Å². The summed E-state index contributed by atoms with van der Waals surface area (Å²) in [5.74, 6) is 0.985. The second-order valence-corrected chi connectivity index (χ2v) is 4.57. The molecule has 18 heavy (non-hydrogen) atoms. The van der Waals surface area contributed by atoms with E-state index < -0.39 is 0 Å². The summed E-state index contributed by atoms with van der Waals surface area (Å²) in [6.07, 6.45) is 2.67. The van der Waals surface area contributed by atoms with Crippen LogP contribution in [0.4, 0.5) is 4.79 Å². The van der Waals surface area contributed by atoms with Crippen molar-refractivity contribution in [3.8, 4) is 0 Å². The molecule has 0 aromatic carbocycles. The molecule has 0 aliphatic carbocycles. The summed E-state index contributed by atoms with van der Waals surface area (Å²) in [5.41, 5.74) is 0. The maximum atomic E-state index is 11.8. The van der Waals surface area contributed by atoms with E-state index in [1.165, 1.54) is 0 Å². The molecule has 0 bridgehead atoms. The van der Waals surface area contributed by atoms with Crippen LogP contribution in [-0.4, -0.2) is 48.6 Å². The van der Waals surface area contributed by atoms with Gasteiger partial charge in [-0.1, -0.05) is 6.92 Å². The number of furan rings is 1. The van der Waals surface area contributed by atoms with Gasteiger partial charge in [-0.3, -0.25) is 4.90 Å². The first-order valence-corrected chi connectivity index (χ1v) is 6.57. The maximum Gasteiger partial charge on any atom is 0.317 e. The number of amides is 2. The van der Waals surface area contributed by atoms with Crippen molar-refractivity contribution in [1.29, 1.82) is 0 Å². The highest BCUT2D eigenvalue weighted by Gasteiger charge is 2.20. The van der Waals surface area contributed by atoms with Gasteiger partial charge in [0.1, 0.15) is 5.76 Å². The summed E-state index contributed by atoms with van der Waals surface area (Å²) < 4.78 is 5.33. The third kappa shape index (κ3) is 3.50. The van der Waals surface area contributed by atoms with Crippen LogP contribution >= 0.6 is 0 Å². The molecule has 2 rings (SSSR count). The first-order chi connectivity index (χ1) is 8.79. The van der Waals surface area contributed by atoms with Crippen LogP contribution in [0.3, 0.4) is 0 Å². The lowest BCUT2D eigenvalue weighted by atomic mass is 10.3. The van der Waals surface area contributed by atoms with Crippen molar-refractivity contribution < 1.29 is 9.21 Å². The Morgan fingerprint density at radius 1 is 1.39 bits per heavy atom. The molecule has 1 aliphatic heterocycles. The predicted molar refractivity (Wildman–Crippen MR) is 69.2 cm³/mol. The number of hydrogen-bond donors (Lipinski definition) is 1. The van der Waals surface area contributed by atoms with Crippen molar-refractivity contribution in [3.05, 3.63) is 24.2 Å². The highest BCUT2D eigenvalue weighted by Crippen LogP contribution is 2.08. The summed E-state index contributed by atoms with van der Waals surface area (Å²) in [5, 5.41) is 2.91. The fourth-order valence-electron chi connectivity index (χ4n) is 2.08. The van der Waals surface area contributed by atoms with Crippen molar-refractivity contribution in [2.75, 3.05) is 32.7 Å². The molecule has 2 heterocycles. The molecule has 5 heteroatoms. The van der Waals surface area contributed by atoms with E-state index in [9.17, 15) is 4.79 Å².